The van der Waals surface area contributed by atoms with Crippen LogP contribution in [0.15, 0.2) is 30.5 Å². The van der Waals surface area contributed by atoms with Crippen LogP contribution in [0.25, 0.3) is 11.1 Å². The fraction of sp³-hybridized carbons (Fsp3) is 0.429. The van der Waals surface area contributed by atoms with Crippen LogP contribution in [-0.2, 0) is 4.79 Å². The SMILES string of the molecule is CCOc1cc(-c2ccnc([C@@H]3CC[C@@]4(CCN(C)C4=O)N3)c2)c(F)cc1F.Cl. The van der Waals surface area contributed by atoms with Crippen molar-refractivity contribution in [2.45, 2.75) is 37.8 Å². The second kappa shape index (κ2) is 8.24. The Labute approximate surface area is 174 Å². The zero-order valence-electron chi connectivity index (χ0n) is 16.4. The number of carbonyl (C=O) groups is 1. The van der Waals surface area contributed by atoms with Crippen LogP contribution >= 0.6 is 12.4 Å². The third-order valence-electron chi connectivity index (χ3n) is 5.71. The van der Waals surface area contributed by atoms with Crippen LogP contribution in [0.4, 0.5) is 8.78 Å². The molecule has 1 amide bonds. The summed E-state index contributed by atoms with van der Waals surface area (Å²) in [5, 5.41) is 3.46. The number of hydrogen-bond donors (Lipinski definition) is 1. The van der Waals surface area contributed by atoms with Crippen LogP contribution in [0.2, 0.25) is 0 Å². The Morgan fingerprint density at radius 1 is 1.28 bits per heavy atom. The molecule has 0 bridgehead atoms. The first kappa shape index (κ1) is 21.5. The van der Waals surface area contributed by atoms with Gasteiger partial charge in [-0.25, -0.2) is 8.78 Å². The smallest absolute Gasteiger partial charge is 0.242 e. The molecule has 2 aliphatic rings. The predicted octanol–water partition coefficient (Wildman–Crippen LogP) is 3.87. The van der Waals surface area contributed by atoms with Gasteiger partial charge in [0.05, 0.1) is 18.3 Å². The third-order valence-corrected chi connectivity index (χ3v) is 5.71. The molecule has 0 aliphatic carbocycles. The normalized spacial score (nSPS) is 23.5. The maximum atomic E-state index is 14.4. The Hall–Kier alpha value is -2.25. The van der Waals surface area contributed by atoms with Crippen molar-refractivity contribution in [2.75, 3.05) is 20.2 Å². The first-order valence-electron chi connectivity index (χ1n) is 9.55. The van der Waals surface area contributed by atoms with E-state index in [1.165, 1.54) is 6.07 Å². The summed E-state index contributed by atoms with van der Waals surface area (Å²) in [5.41, 5.74) is 1.10. The van der Waals surface area contributed by atoms with Crippen LogP contribution in [0, 0.1) is 11.6 Å². The number of nitrogens with zero attached hydrogens (tertiary/aromatic N) is 2. The summed E-state index contributed by atoms with van der Waals surface area (Å²) in [7, 11) is 1.82. The van der Waals surface area contributed by atoms with E-state index in [1.807, 2.05) is 7.05 Å². The summed E-state index contributed by atoms with van der Waals surface area (Å²) in [4.78, 5) is 18.7. The lowest BCUT2D eigenvalue weighted by atomic mass is 9.96. The van der Waals surface area contributed by atoms with Gasteiger partial charge in [0.1, 0.15) is 11.4 Å². The van der Waals surface area contributed by atoms with Gasteiger partial charge in [0.25, 0.3) is 0 Å². The van der Waals surface area contributed by atoms with Crippen LogP contribution in [0.3, 0.4) is 0 Å². The molecule has 0 unspecified atom stereocenters. The monoisotopic (exact) mass is 423 g/mol. The number of pyridine rings is 1. The number of halogens is 3. The highest BCUT2D eigenvalue weighted by atomic mass is 35.5. The maximum absolute atomic E-state index is 14.4. The quantitative estimate of drug-likeness (QED) is 0.811. The van der Waals surface area contributed by atoms with Gasteiger partial charge in [0, 0.05) is 31.4 Å². The van der Waals surface area contributed by atoms with E-state index in [9.17, 15) is 13.6 Å². The van der Waals surface area contributed by atoms with E-state index < -0.39 is 17.2 Å². The minimum Gasteiger partial charge on any atom is -0.491 e. The maximum Gasteiger partial charge on any atom is 0.242 e. The molecular formula is C21H24ClF2N3O2. The largest absolute Gasteiger partial charge is 0.491 e. The second-order valence-corrected chi connectivity index (χ2v) is 7.46. The predicted molar refractivity (Wildman–Crippen MR) is 108 cm³/mol. The standard InChI is InChI=1S/C21H23F2N3O2.ClH/c1-3-28-19-11-14(15(22)12-16(19)23)13-5-8-24-18(10-13)17-4-6-21(25-17)7-9-26(2)20(21)27;/h5,8,10-12,17,25H,3-4,6-7,9H2,1-2H3;1H/t17-,21-;/m0./s1. The summed E-state index contributed by atoms with van der Waals surface area (Å²) in [5.74, 6) is -1.23. The van der Waals surface area contributed by atoms with Crippen molar-refractivity contribution in [3.05, 3.63) is 47.8 Å². The highest BCUT2D eigenvalue weighted by Gasteiger charge is 2.50. The molecule has 0 saturated carbocycles. The number of amides is 1. The van der Waals surface area contributed by atoms with E-state index in [4.69, 9.17) is 4.74 Å². The lowest BCUT2D eigenvalue weighted by molar-refractivity contribution is -0.131. The Bertz CT molecular complexity index is 927. The van der Waals surface area contributed by atoms with Gasteiger partial charge in [-0.15, -0.1) is 12.4 Å². The highest BCUT2D eigenvalue weighted by Crippen LogP contribution is 2.39. The zero-order chi connectivity index (χ0) is 19.9. The van der Waals surface area contributed by atoms with Gasteiger partial charge in [-0.05, 0) is 49.9 Å². The number of carbonyl (C=O) groups excluding carboxylic acids is 1. The van der Waals surface area contributed by atoms with Crippen LogP contribution in [0.5, 0.6) is 5.75 Å². The Morgan fingerprint density at radius 3 is 2.76 bits per heavy atom. The summed E-state index contributed by atoms with van der Waals surface area (Å²) in [6, 6.07) is 5.63. The molecular weight excluding hydrogens is 400 g/mol. The van der Waals surface area contributed by atoms with Gasteiger partial charge < -0.3 is 9.64 Å². The molecule has 1 spiro atoms. The Balaban J connectivity index is 0.00000240. The average Bonchev–Trinajstić information content (AvgIpc) is 3.24. The van der Waals surface area contributed by atoms with Crippen molar-refractivity contribution in [1.82, 2.24) is 15.2 Å². The van der Waals surface area contributed by atoms with E-state index in [0.29, 0.717) is 12.2 Å². The van der Waals surface area contributed by atoms with Crippen molar-refractivity contribution in [1.29, 1.82) is 0 Å². The number of likely N-dealkylation sites (N-methyl/N-ethyl adjacent to an activating group) is 1. The van der Waals surface area contributed by atoms with E-state index in [0.717, 1.165) is 37.6 Å². The summed E-state index contributed by atoms with van der Waals surface area (Å²) in [6.07, 6.45) is 3.93. The second-order valence-electron chi connectivity index (χ2n) is 7.46. The molecule has 8 heteroatoms. The van der Waals surface area contributed by atoms with E-state index in [2.05, 4.69) is 10.3 Å². The third kappa shape index (κ3) is 3.81. The van der Waals surface area contributed by atoms with Crippen LogP contribution in [-0.4, -0.2) is 41.5 Å². The number of aromatic nitrogens is 1. The lowest BCUT2D eigenvalue weighted by Gasteiger charge is -2.23. The number of ether oxygens (including phenoxy) is 1. The Kier molecular flexibility index (Phi) is 6.10. The highest BCUT2D eigenvalue weighted by molar-refractivity contribution is 5.88. The van der Waals surface area contributed by atoms with Crippen molar-refractivity contribution in [3.8, 4) is 16.9 Å². The van der Waals surface area contributed by atoms with Gasteiger partial charge in [-0.2, -0.15) is 0 Å². The molecule has 3 heterocycles. The first-order valence-corrected chi connectivity index (χ1v) is 9.55. The molecule has 1 aromatic carbocycles. The summed E-state index contributed by atoms with van der Waals surface area (Å²) < 4.78 is 33.5. The molecule has 2 saturated heterocycles. The van der Waals surface area contributed by atoms with Crippen LogP contribution < -0.4 is 10.1 Å². The van der Waals surface area contributed by atoms with Crippen LogP contribution in [0.1, 0.15) is 37.9 Å². The molecule has 29 heavy (non-hydrogen) atoms. The number of nitrogens with one attached hydrogen (secondary N) is 1. The average molecular weight is 424 g/mol. The Morgan fingerprint density at radius 2 is 2.07 bits per heavy atom. The number of benzene rings is 1. The zero-order valence-corrected chi connectivity index (χ0v) is 17.2. The molecule has 156 valence electrons. The van der Waals surface area contributed by atoms with E-state index >= 15 is 0 Å². The van der Waals surface area contributed by atoms with E-state index in [-0.39, 0.29) is 35.7 Å². The lowest BCUT2D eigenvalue weighted by Crippen LogP contribution is -2.47. The van der Waals surface area contributed by atoms with Gasteiger partial charge >= 0.3 is 0 Å². The molecule has 4 rings (SSSR count). The molecule has 1 N–H and O–H groups in total. The number of likely N-dealkylation sites (tertiary alicyclic amines) is 1. The van der Waals surface area contributed by atoms with Crippen molar-refractivity contribution in [2.24, 2.45) is 0 Å². The van der Waals surface area contributed by atoms with Gasteiger partial charge in [0.15, 0.2) is 11.6 Å². The number of rotatable bonds is 4. The number of hydrogen-bond acceptors (Lipinski definition) is 4. The van der Waals surface area contributed by atoms with E-state index in [1.54, 1.807) is 30.2 Å². The minimum absolute atomic E-state index is 0. The molecule has 2 atom stereocenters. The molecule has 0 radical (unpaired) electrons. The van der Waals surface area contributed by atoms with Crippen molar-refractivity contribution < 1.29 is 18.3 Å². The fourth-order valence-electron chi connectivity index (χ4n) is 4.21. The summed E-state index contributed by atoms with van der Waals surface area (Å²) in [6.45, 7) is 2.78. The molecule has 2 fully saturated rings. The molecule has 2 aliphatic heterocycles. The minimum atomic E-state index is -0.722. The fourth-order valence-corrected chi connectivity index (χ4v) is 4.21. The van der Waals surface area contributed by atoms with Crippen molar-refractivity contribution >= 4 is 18.3 Å². The topological polar surface area (TPSA) is 54.5 Å². The van der Waals surface area contributed by atoms with Gasteiger partial charge in [-0.3, -0.25) is 15.1 Å². The van der Waals surface area contributed by atoms with Gasteiger partial charge in [-0.1, -0.05) is 0 Å². The molecule has 5 nitrogen and oxygen atoms in total. The first-order chi connectivity index (χ1) is 13.4. The van der Waals surface area contributed by atoms with Crippen molar-refractivity contribution in [3.63, 3.8) is 0 Å². The molecule has 2 aromatic rings. The molecule has 1 aromatic heterocycles. The summed E-state index contributed by atoms with van der Waals surface area (Å²) >= 11 is 0. The van der Waals surface area contributed by atoms with Gasteiger partial charge in [0.2, 0.25) is 5.91 Å².